The van der Waals surface area contributed by atoms with Crippen LogP contribution >= 0.6 is 0 Å². The van der Waals surface area contributed by atoms with Crippen LogP contribution < -0.4 is 0 Å². The second kappa shape index (κ2) is 12.6. The zero-order valence-corrected chi connectivity index (χ0v) is 27.0. The van der Waals surface area contributed by atoms with Crippen LogP contribution in [0.4, 0.5) is 0 Å². The second-order valence-corrected chi connectivity index (χ2v) is 12.1. The largest absolute Gasteiger partial charge is 0.264 e. The minimum atomic E-state index is 0.642. The predicted molar refractivity (Wildman–Crippen MR) is 203 cm³/mol. The normalized spacial score (nSPS) is 11.2. The van der Waals surface area contributed by atoms with E-state index in [4.69, 9.17) is 19.9 Å². The van der Waals surface area contributed by atoms with Gasteiger partial charge < -0.3 is 0 Å². The quantitative estimate of drug-likeness (QED) is 0.169. The molecule has 0 aliphatic heterocycles. The molecule has 0 atom stereocenters. The molecule has 0 amide bonds. The molecule has 0 spiro atoms. The second-order valence-electron chi connectivity index (χ2n) is 12.1. The van der Waals surface area contributed by atoms with Crippen LogP contribution in [0.3, 0.4) is 0 Å². The van der Waals surface area contributed by atoms with Gasteiger partial charge in [0.2, 0.25) is 0 Å². The maximum atomic E-state index is 5.08. The van der Waals surface area contributed by atoms with Crippen molar-refractivity contribution in [3.63, 3.8) is 0 Å². The molecule has 0 saturated carbocycles. The molecule has 9 rings (SSSR count). The lowest BCUT2D eigenvalue weighted by atomic mass is 9.92. The van der Waals surface area contributed by atoms with Gasteiger partial charge in [-0.1, -0.05) is 146 Å². The van der Waals surface area contributed by atoms with Gasteiger partial charge in [0.15, 0.2) is 17.5 Å². The molecule has 0 fully saturated rings. The number of para-hydroxylation sites is 1. The lowest BCUT2D eigenvalue weighted by molar-refractivity contribution is 1.07. The first-order chi connectivity index (χ1) is 24.8. The van der Waals surface area contributed by atoms with Crippen LogP contribution in [0.1, 0.15) is 0 Å². The summed E-state index contributed by atoms with van der Waals surface area (Å²) < 4.78 is 0. The fourth-order valence-electron chi connectivity index (χ4n) is 6.56. The van der Waals surface area contributed by atoms with Crippen molar-refractivity contribution in [1.29, 1.82) is 0 Å². The van der Waals surface area contributed by atoms with Crippen molar-refractivity contribution in [2.45, 2.75) is 0 Å². The molecule has 50 heavy (non-hydrogen) atoms. The van der Waals surface area contributed by atoms with Crippen molar-refractivity contribution < 1.29 is 0 Å². The third kappa shape index (κ3) is 5.47. The smallest absolute Gasteiger partial charge is 0.164 e. The van der Waals surface area contributed by atoms with Gasteiger partial charge in [0.05, 0.1) is 11.2 Å². The van der Waals surface area contributed by atoms with E-state index in [-0.39, 0.29) is 0 Å². The molecule has 0 saturated heterocycles. The highest BCUT2D eigenvalue weighted by Gasteiger charge is 2.15. The van der Waals surface area contributed by atoms with Crippen molar-refractivity contribution in [3.05, 3.63) is 176 Å². The van der Waals surface area contributed by atoms with E-state index in [2.05, 4.69) is 96.0 Å². The van der Waals surface area contributed by atoms with Crippen molar-refractivity contribution in [1.82, 2.24) is 24.9 Å². The SMILES string of the molecule is c1ccc(-c2nc(-c3ccccc3)nc(-c3ccc(-c4ccc(-c5cccc6c(-c7cccnc7)nc7ccccc7c56)cc4)cc3)n2)cc1. The standard InChI is InChI=1S/C45H29N5/c1-3-11-33(12-4-1)43-48-44(34-13-5-2-6-14-34)50-45(49-43)35-26-22-31(23-27-35)30-20-24-32(25-21-30)37-17-9-18-39-41(37)38-16-7-8-19-40(38)47-42(39)36-15-10-28-46-29-36/h1-29H. The summed E-state index contributed by atoms with van der Waals surface area (Å²) in [6.45, 7) is 0. The first kappa shape index (κ1) is 29.3. The molecule has 5 heteroatoms. The fourth-order valence-corrected chi connectivity index (χ4v) is 6.56. The number of aromatic nitrogens is 5. The lowest BCUT2D eigenvalue weighted by Crippen LogP contribution is -2.00. The van der Waals surface area contributed by atoms with E-state index in [1.54, 1.807) is 6.20 Å². The average Bonchev–Trinajstić information content (AvgIpc) is 3.21. The molecule has 3 aromatic heterocycles. The molecular formula is C45H29N5. The molecule has 234 valence electrons. The molecule has 0 bridgehead atoms. The first-order valence-corrected chi connectivity index (χ1v) is 16.6. The highest BCUT2D eigenvalue weighted by Crippen LogP contribution is 2.39. The number of benzene rings is 6. The Hall–Kier alpha value is -6.85. The van der Waals surface area contributed by atoms with Gasteiger partial charge in [-0.05, 0) is 40.5 Å². The molecule has 5 nitrogen and oxygen atoms in total. The third-order valence-electron chi connectivity index (χ3n) is 9.03. The van der Waals surface area contributed by atoms with E-state index in [1.807, 2.05) is 79.0 Å². The van der Waals surface area contributed by atoms with Crippen LogP contribution in [0.15, 0.2) is 176 Å². The summed E-state index contributed by atoms with van der Waals surface area (Å²) in [6.07, 6.45) is 3.68. The number of hydrogen-bond acceptors (Lipinski definition) is 5. The van der Waals surface area contributed by atoms with E-state index in [0.717, 1.165) is 60.9 Å². The summed E-state index contributed by atoms with van der Waals surface area (Å²) >= 11 is 0. The first-order valence-electron chi connectivity index (χ1n) is 16.6. The Bertz CT molecular complexity index is 2550. The Labute approximate surface area is 289 Å². The average molecular weight is 640 g/mol. The van der Waals surface area contributed by atoms with Crippen molar-refractivity contribution in [2.24, 2.45) is 0 Å². The number of rotatable bonds is 6. The van der Waals surface area contributed by atoms with Gasteiger partial charge in [-0.15, -0.1) is 0 Å². The zero-order valence-electron chi connectivity index (χ0n) is 27.0. The third-order valence-corrected chi connectivity index (χ3v) is 9.03. The van der Waals surface area contributed by atoms with Gasteiger partial charge >= 0.3 is 0 Å². The maximum Gasteiger partial charge on any atom is 0.164 e. The highest BCUT2D eigenvalue weighted by atomic mass is 15.0. The van der Waals surface area contributed by atoms with Crippen molar-refractivity contribution >= 4 is 21.7 Å². The number of pyridine rings is 2. The monoisotopic (exact) mass is 639 g/mol. The van der Waals surface area contributed by atoms with E-state index in [1.165, 1.54) is 10.9 Å². The van der Waals surface area contributed by atoms with E-state index in [9.17, 15) is 0 Å². The van der Waals surface area contributed by atoms with Gasteiger partial charge in [0, 0.05) is 50.8 Å². The van der Waals surface area contributed by atoms with Gasteiger partial charge in [-0.25, -0.2) is 19.9 Å². The van der Waals surface area contributed by atoms with Gasteiger partial charge in [-0.2, -0.15) is 0 Å². The van der Waals surface area contributed by atoms with Crippen molar-refractivity contribution in [2.75, 3.05) is 0 Å². The fraction of sp³-hybridized carbons (Fsp3) is 0. The molecule has 3 heterocycles. The summed E-state index contributed by atoms with van der Waals surface area (Å²) in [5.74, 6) is 1.94. The van der Waals surface area contributed by atoms with E-state index >= 15 is 0 Å². The summed E-state index contributed by atoms with van der Waals surface area (Å²) in [4.78, 5) is 24.1. The minimum absolute atomic E-state index is 0.642. The molecule has 9 aromatic rings. The van der Waals surface area contributed by atoms with Crippen LogP contribution in [-0.4, -0.2) is 24.9 Å². The van der Waals surface area contributed by atoms with E-state index < -0.39 is 0 Å². The van der Waals surface area contributed by atoms with Crippen LogP contribution in [0, 0.1) is 0 Å². The number of fused-ring (bicyclic) bond motifs is 3. The Morgan fingerprint density at radius 1 is 0.320 bits per heavy atom. The minimum Gasteiger partial charge on any atom is -0.264 e. The predicted octanol–water partition coefficient (Wildman–Crippen LogP) is 11.0. The molecule has 0 N–H and O–H groups in total. The Morgan fingerprint density at radius 2 is 0.820 bits per heavy atom. The Kier molecular flexibility index (Phi) is 7.41. The van der Waals surface area contributed by atoms with E-state index in [0.29, 0.717) is 17.5 Å². The van der Waals surface area contributed by atoms with Gasteiger partial charge in [-0.3, -0.25) is 4.98 Å². The molecule has 0 radical (unpaired) electrons. The Balaban J connectivity index is 1.08. The highest BCUT2D eigenvalue weighted by molar-refractivity contribution is 6.17. The zero-order chi connectivity index (χ0) is 33.3. The molecular weight excluding hydrogens is 611 g/mol. The summed E-state index contributed by atoms with van der Waals surface area (Å²) in [5.41, 5.74) is 10.3. The topological polar surface area (TPSA) is 64.5 Å². The van der Waals surface area contributed by atoms with Crippen LogP contribution in [0.25, 0.3) is 89.4 Å². The van der Waals surface area contributed by atoms with Gasteiger partial charge in [0.25, 0.3) is 0 Å². The molecule has 6 aromatic carbocycles. The molecule has 0 unspecified atom stereocenters. The van der Waals surface area contributed by atoms with Gasteiger partial charge in [0.1, 0.15) is 0 Å². The van der Waals surface area contributed by atoms with Crippen molar-refractivity contribution in [3.8, 4) is 67.7 Å². The van der Waals surface area contributed by atoms with Crippen LogP contribution in [0.2, 0.25) is 0 Å². The maximum absolute atomic E-state index is 5.08. The Morgan fingerprint density at radius 3 is 1.42 bits per heavy atom. The summed E-state index contributed by atoms with van der Waals surface area (Å²) in [7, 11) is 0. The summed E-state index contributed by atoms with van der Waals surface area (Å²) in [5, 5.41) is 3.43. The molecule has 0 aliphatic carbocycles. The summed E-state index contributed by atoms with van der Waals surface area (Å²) in [6, 6.07) is 56.2. The number of nitrogens with zero attached hydrogens (tertiary/aromatic N) is 5. The van der Waals surface area contributed by atoms with Crippen LogP contribution in [0.5, 0.6) is 0 Å². The molecule has 0 aliphatic rings. The lowest BCUT2D eigenvalue weighted by Gasteiger charge is -2.14. The number of hydrogen-bond donors (Lipinski definition) is 0. The van der Waals surface area contributed by atoms with Crippen LogP contribution in [-0.2, 0) is 0 Å².